The summed E-state index contributed by atoms with van der Waals surface area (Å²) in [5, 5.41) is 12.8. The molecule has 0 aliphatic carbocycles. The van der Waals surface area contributed by atoms with Crippen molar-refractivity contribution in [2.75, 3.05) is 24.6 Å². The predicted octanol–water partition coefficient (Wildman–Crippen LogP) is 5.02. The van der Waals surface area contributed by atoms with E-state index in [1.807, 2.05) is 47.6 Å². The van der Waals surface area contributed by atoms with Crippen molar-refractivity contribution in [1.82, 2.24) is 19.4 Å². The molecule has 8 heteroatoms. The molecule has 2 N–H and O–H groups in total. The van der Waals surface area contributed by atoms with E-state index in [1.54, 1.807) is 0 Å². The Morgan fingerprint density at radius 2 is 1.97 bits per heavy atom. The van der Waals surface area contributed by atoms with Crippen molar-refractivity contribution < 1.29 is 9.90 Å². The number of rotatable bonds is 7. The van der Waals surface area contributed by atoms with Crippen molar-refractivity contribution in [2.24, 2.45) is 5.92 Å². The van der Waals surface area contributed by atoms with Crippen LogP contribution >= 0.6 is 0 Å². The van der Waals surface area contributed by atoms with E-state index in [1.165, 1.54) is 0 Å². The molecular weight excluding hydrogens is 488 g/mol. The molecule has 0 bridgehead atoms. The zero-order valence-electron chi connectivity index (χ0n) is 22.3. The molecule has 1 atom stereocenters. The van der Waals surface area contributed by atoms with Crippen LogP contribution in [0.25, 0.3) is 33.2 Å². The molecule has 4 heterocycles. The smallest absolute Gasteiger partial charge is 0.227 e. The highest BCUT2D eigenvalue weighted by Crippen LogP contribution is 2.36. The molecule has 1 saturated heterocycles. The van der Waals surface area contributed by atoms with Crippen LogP contribution in [-0.4, -0.2) is 50.4 Å². The summed E-state index contributed by atoms with van der Waals surface area (Å²) in [5.74, 6) is 1.24. The first-order valence-corrected chi connectivity index (χ1v) is 13.4. The Morgan fingerprint density at radius 3 is 2.74 bits per heavy atom. The number of hydrogen-bond donors (Lipinski definition) is 2. The molecular formula is C31H32N6O2. The number of benzene rings is 2. The van der Waals surface area contributed by atoms with Gasteiger partial charge in [0.05, 0.1) is 18.0 Å². The van der Waals surface area contributed by atoms with Gasteiger partial charge in [-0.25, -0.2) is 9.83 Å². The van der Waals surface area contributed by atoms with Gasteiger partial charge in [-0.3, -0.25) is 9.36 Å². The summed E-state index contributed by atoms with van der Waals surface area (Å²) in [6.07, 6.45) is 7.13. The largest absolute Gasteiger partial charge is 0.396 e. The number of fused-ring (bicyclic) bond motifs is 5. The lowest BCUT2D eigenvalue weighted by Crippen LogP contribution is -2.43. The highest BCUT2D eigenvalue weighted by molar-refractivity contribution is 5.96. The van der Waals surface area contributed by atoms with Crippen LogP contribution in [0, 0.1) is 12.5 Å². The minimum atomic E-state index is -0.163. The maximum absolute atomic E-state index is 13.1. The molecule has 1 amide bonds. The van der Waals surface area contributed by atoms with Crippen molar-refractivity contribution in [3.8, 4) is 28.3 Å². The van der Waals surface area contributed by atoms with E-state index in [0.717, 1.165) is 46.1 Å². The van der Waals surface area contributed by atoms with E-state index in [-0.39, 0.29) is 24.0 Å². The van der Waals surface area contributed by atoms with Crippen molar-refractivity contribution in [3.05, 3.63) is 84.1 Å². The van der Waals surface area contributed by atoms with Gasteiger partial charge in [0.15, 0.2) is 11.5 Å². The summed E-state index contributed by atoms with van der Waals surface area (Å²) >= 11 is 0. The third kappa shape index (κ3) is 4.76. The van der Waals surface area contributed by atoms with E-state index >= 15 is 0 Å². The Hall–Kier alpha value is -4.19. The average Bonchev–Trinajstić information content (AvgIpc) is 3.65. The third-order valence-electron chi connectivity index (χ3n) is 7.88. The monoisotopic (exact) mass is 520 g/mol. The average molecular weight is 521 g/mol. The van der Waals surface area contributed by atoms with Crippen LogP contribution in [0.5, 0.6) is 0 Å². The maximum atomic E-state index is 13.1. The van der Waals surface area contributed by atoms with E-state index in [4.69, 9.17) is 6.57 Å². The van der Waals surface area contributed by atoms with Crippen molar-refractivity contribution in [2.45, 2.75) is 38.8 Å². The zero-order chi connectivity index (χ0) is 27.1. The van der Waals surface area contributed by atoms with Gasteiger partial charge < -0.3 is 19.9 Å². The summed E-state index contributed by atoms with van der Waals surface area (Å²) in [7, 11) is 0. The van der Waals surface area contributed by atoms with Crippen molar-refractivity contribution >= 4 is 17.3 Å². The molecule has 4 aromatic rings. The molecule has 0 saturated carbocycles. The van der Waals surface area contributed by atoms with Crippen LogP contribution in [0.2, 0.25) is 0 Å². The van der Waals surface area contributed by atoms with E-state index in [0.29, 0.717) is 31.6 Å². The Balaban J connectivity index is 1.28. The molecule has 39 heavy (non-hydrogen) atoms. The SMILES string of the molecule is [C-]#[N+]c1ccc(-c2cc3n(c2)Cc2cc(N4C[C@@H](CNC(C)(C)CCO)CC4=O)ccc2-n2ccnc2-3)cc1. The first-order chi connectivity index (χ1) is 18.8. The number of aliphatic hydroxyl groups excluding tert-OH is 1. The molecule has 198 valence electrons. The number of aliphatic hydroxyl groups is 1. The predicted molar refractivity (Wildman–Crippen MR) is 152 cm³/mol. The number of anilines is 1. The standard InChI is InChI=1S/C31H32N6O2/c1-31(2,10-13-38)34-17-21-14-29(39)37(18-21)26-8-9-27-24(15-26)20-35-19-23(22-4-6-25(32-3)7-5-22)16-28(35)30-33-11-12-36(27)30/h4-9,11-12,15-16,19,21,34,38H,10,13-14,17-18,20H2,1-2H3/t21-/m1/s1. The minimum absolute atomic E-state index is 0.141. The summed E-state index contributed by atoms with van der Waals surface area (Å²) in [6.45, 7) is 13.6. The van der Waals surface area contributed by atoms with Crippen LogP contribution < -0.4 is 10.2 Å². The Bertz CT molecular complexity index is 1570. The van der Waals surface area contributed by atoms with Gasteiger partial charge in [-0.05, 0) is 61.6 Å². The van der Waals surface area contributed by atoms with Crippen LogP contribution in [0.4, 0.5) is 11.4 Å². The summed E-state index contributed by atoms with van der Waals surface area (Å²) in [5.41, 5.74) is 6.72. The fourth-order valence-electron chi connectivity index (χ4n) is 5.64. The fraction of sp³-hybridized carbons (Fsp3) is 0.323. The van der Waals surface area contributed by atoms with Gasteiger partial charge in [0.1, 0.15) is 0 Å². The lowest BCUT2D eigenvalue weighted by Gasteiger charge is -2.27. The second-order valence-corrected chi connectivity index (χ2v) is 11.1. The quantitative estimate of drug-likeness (QED) is 0.295. The minimum Gasteiger partial charge on any atom is -0.396 e. The van der Waals surface area contributed by atoms with Crippen LogP contribution in [0.3, 0.4) is 0 Å². The first kappa shape index (κ1) is 25.1. The molecule has 2 aliphatic rings. The molecule has 2 aromatic heterocycles. The summed E-state index contributed by atoms with van der Waals surface area (Å²) < 4.78 is 4.33. The van der Waals surface area contributed by atoms with Gasteiger partial charge in [-0.15, -0.1) is 0 Å². The lowest BCUT2D eigenvalue weighted by molar-refractivity contribution is -0.117. The molecule has 8 nitrogen and oxygen atoms in total. The summed E-state index contributed by atoms with van der Waals surface area (Å²) in [4.78, 5) is 23.1. The number of nitrogens with zero attached hydrogens (tertiary/aromatic N) is 5. The number of hydrogen-bond acceptors (Lipinski definition) is 4. The number of nitrogens with one attached hydrogen (secondary N) is 1. The number of carbonyl (C=O) groups is 1. The van der Waals surface area contributed by atoms with Gasteiger partial charge in [0.2, 0.25) is 5.91 Å². The molecule has 0 unspecified atom stereocenters. The topological polar surface area (TPSA) is 79.7 Å². The number of amides is 1. The number of imidazole rings is 1. The highest BCUT2D eigenvalue weighted by Gasteiger charge is 2.32. The van der Waals surface area contributed by atoms with E-state index in [2.05, 4.69) is 62.5 Å². The van der Waals surface area contributed by atoms with E-state index in [9.17, 15) is 9.90 Å². The van der Waals surface area contributed by atoms with Crippen molar-refractivity contribution in [1.29, 1.82) is 0 Å². The molecule has 2 aromatic carbocycles. The third-order valence-corrected chi connectivity index (χ3v) is 7.88. The first-order valence-electron chi connectivity index (χ1n) is 13.4. The normalized spacial score (nSPS) is 16.4. The van der Waals surface area contributed by atoms with E-state index < -0.39 is 0 Å². The summed E-state index contributed by atoms with van der Waals surface area (Å²) in [6, 6.07) is 16.1. The van der Waals surface area contributed by atoms with Gasteiger partial charge in [0.25, 0.3) is 0 Å². The molecule has 0 radical (unpaired) electrons. The lowest BCUT2D eigenvalue weighted by atomic mass is 9.99. The number of aromatic nitrogens is 3. The maximum Gasteiger partial charge on any atom is 0.227 e. The molecule has 2 aliphatic heterocycles. The highest BCUT2D eigenvalue weighted by atomic mass is 16.3. The second kappa shape index (κ2) is 9.84. The van der Waals surface area contributed by atoms with Gasteiger partial charge in [0, 0.05) is 68.0 Å². The molecule has 1 fully saturated rings. The Morgan fingerprint density at radius 1 is 1.15 bits per heavy atom. The van der Waals surface area contributed by atoms with Crippen LogP contribution in [0.15, 0.2) is 67.1 Å². The van der Waals surface area contributed by atoms with Gasteiger partial charge >= 0.3 is 0 Å². The number of carbonyl (C=O) groups excluding carboxylic acids is 1. The van der Waals surface area contributed by atoms with Crippen molar-refractivity contribution in [3.63, 3.8) is 0 Å². The molecule has 6 rings (SSSR count). The molecule has 0 spiro atoms. The zero-order valence-corrected chi connectivity index (χ0v) is 22.3. The Labute approximate surface area is 228 Å². The fourth-order valence-corrected chi connectivity index (χ4v) is 5.64. The van der Waals surface area contributed by atoms with Crippen LogP contribution in [0.1, 0.15) is 32.3 Å². The van der Waals surface area contributed by atoms with Crippen LogP contribution in [-0.2, 0) is 11.3 Å². The second-order valence-electron chi connectivity index (χ2n) is 11.1. The van der Waals surface area contributed by atoms with Gasteiger partial charge in [-0.1, -0.05) is 24.3 Å². The van der Waals surface area contributed by atoms with Gasteiger partial charge in [-0.2, -0.15) is 0 Å². The Kier molecular flexibility index (Phi) is 6.34.